The maximum absolute atomic E-state index is 12.3. The van der Waals surface area contributed by atoms with Gasteiger partial charge in [-0.1, -0.05) is 25.6 Å². The van der Waals surface area contributed by atoms with Crippen LogP contribution in [0.15, 0.2) is 12.1 Å². The lowest BCUT2D eigenvalue weighted by atomic mass is 10.0. The highest BCUT2D eigenvalue weighted by atomic mass is 28.3. The summed E-state index contributed by atoms with van der Waals surface area (Å²) in [5.41, 5.74) is 5.37. The molecule has 0 unspecified atom stereocenters. The summed E-state index contributed by atoms with van der Waals surface area (Å²) in [6, 6.07) is 3.63. The summed E-state index contributed by atoms with van der Waals surface area (Å²) in [5, 5.41) is 9.64. The molecular weight excluding hydrogens is 384 g/mol. The summed E-state index contributed by atoms with van der Waals surface area (Å²) in [5.74, 6) is 2.23. The van der Waals surface area contributed by atoms with Crippen LogP contribution in [-0.4, -0.2) is 61.9 Å². The number of nitrogens with zero attached hydrogens (tertiary/aromatic N) is 2. The summed E-state index contributed by atoms with van der Waals surface area (Å²) >= 11 is 0. The average Bonchev–Trinajstić information content (AvgIpc) is 2.58. The molecule has 0 bridgehead atoms. The fraction of sp³-hybridized carbons (Fsp3) is 0.545. The predicted molar refractivity (Wildman–Crippen MR) is 118 cm³/mol. The van der Waals surface area contributed by atoms with E-state index in [1.807, 2.05) is 33.8 Å². The summed E-state index contributed by atoms with van der Waals surface area (Å²) in [7, 11) is -1.58. The van der Waals surface area contributed by atoms with Crippen LogP contribution in [0.3, 0.4) is 0 Å². The van der Waals surface area contributed by atoms with E-state index in [9.17, 15) is 14.7 Å². The molecule has 0 aromatic heterocycles. The highest BCUT2D eigenvalue weighted by molar-refractivity contribution is 6.83. The second kappa shape index (κ2) is 8.50. The van der Waals surface area contributed by atoms with Gasteiger partial charge < -0.3 is 19.6 Å². The summed E-state index contributed by atoms with van der Waals surface area (Å²) in [4.78, 5) is 27.9. The lowest BCUT2D eigenvalue weighted by Crippen LogP contribution is -2.50. The molecule has 0 radical (unpaired) electrons. The maximum Gasteiger partial charge on any atom is 0.410 e. The largest absolute Gasteiger partial charge is 0.478 e. The molecule has 0 atom stereocenters. The number of rotatable bonds is 2. The second-order valence-electron chi connectivity index (χ2n) is 9.43. The summed E-state index contributed by atoms with van der Waals surface area (Å²) < 4.78 is 5.45. The quantitative estimate of drug-likeness (QED) is 0.583. The molecule has 2 rings (SSSR count). The van der Waals surface area contributed by atoms with E-state index in [-0.39, 0.29) is 11.7 Å². The standard InChI is InChI=1S/C22H32N2O4Si/c1-16-18(20(25)26)14-17(8-13-29(5,6)7)15-19(16)23-9-11-24(12-10-23)21(27)28-22(2,3)4/h14-15H,9-12H2,1-7H3,(H,25,26). The van der Waals surface area contributed by atoms with Crippen LogP contribution in [0.4, 0.5) is 10.5 Å². The number of anilines is 1. The fourth-order valence-corrected chi connectivity index (χ4v) is 3.56. The Morgan fingerprint density at radius 3 is 2.17 bits per heavy atom. The Kier molecular flexibility index (Phi) is 6.69. The van der Waals surface area contributed by atoms with Crippen molar-refractivity contribution in [3.8, 4) is 11.5 Å². The number of aromatic carboxylic acids is 1. The number of carboxylic acids is 1. The van der Waals surface area contributed by atoms with Crippen molar-refractivity contribution in [2.45, 2.75) is 52.9 Å². The van der Waals surface area contributed by atoms with E-state index in [1.54, 1.807) is 11.0 Å². The molecule has 0 spiro atoms. The third kappa shape index (κ3) is 6.53. The van der Waals surface area contributed by atoms with E-state index in [1.165, 1.54) is 0 Å². The molecule has 7 heteroatoms. The van der Waals surface area contributed by atoms with Gasteiger partial charge in [0.2, 0.25) is 0 Å². The third-order valence-corrected chi connectivity index (χ3v) is 5.34. The van der Waals surface area contributed by atoms with Crippen LogP contribution in [0.5, 0.6) is 0 Å². The van der Waals surface area contributed by atoms with Gasteiger partial charge >= 0.3 is 12.1 Å². The SMILES string of the molecule is Cc1c(C(=O)O)cc(C#C[Si](C)(C)C)cc1N1CCN(C(=O)OC(C)(C)C)CC1. The monoisotopic (exact) mass is 416 g/mol. The van der Waals surface area contributed by atoms with Crippen molar-refractivity contribution in [3.05, 3.63) is 28.8 Å². The van der Waals surface area contributed by atoms with Gasteiger partial charge in [-0.3, -0.25) is 0 Å². The van der Waals surface area contributed by atoms with Crippen molar-refractivity contribution in [3.63, 3.8) is 0 Å². The van der Waals surface area contributed by atoms with Crippen LogP contribution < -0.4 is 4.90 Å². The predicted octanol–water partition coefficient (Wildman–Crippen LogP) is 3.98. The molecule has 0 saturated carbocycles. The fourth-order valence-electron chi connectivity index (χ4n) is 3.04. The van der Waals surface area contributed by atoms with Crippen molar-refractivity contribution >= 4 is 25.8 Å². The molecule has 1 aliphatic rings. The second-order valence-corrected chi connectivity index (χ2v) is 14.2. The van der Waals surface area contributed by atoms with E-state index in [2.05, 4.69) is 36.0 Å². The number of hydrogen-bond donors (Lipinski definition) is 1. The van der Waals surface area contributed by atoms with Gasteiger partial charge in [-0.25, -0.2) is 9.59 Å². The maximum atomic E-state index is 12.3. The molecule has 1 heterocycles. The van der Waals surface area contributed by atoms with Crippen LogP contribution in [0, 0.1) is 18.4 Å². The number of carbonyl (C=O) groups excluding carboxylic acids is 1. The summed E-state index contributed by atoms with van der Waals surface area (Å²) in [6.45, 7) is 16.1. The first-order chi connectivity index (χ1) is 13.3. The Bertz CT molecular complexity index is 849. The van der Waals surface area contributed by atoms with Crippen LogP contribution in [0.1, 0.15) is 42.3 Å². The van der Waals surface area contributed by atoms with Gasteiger partial charge in [0.1, 0.15) is 13.7 Å². The van der Waals surface area contributed by atoms with Gasteiger partial charge in [0.05, 0.1) is 5.56 Å². The van der Waals surface area contributed by atoms with Crippen LogP contribution >= 0.6 is 0 Å². The van der Waals surface area contributed by atoms with Crippen molar-refractivity contribution in [1.82, 2.24) is 4.90 Å². The van der Waals surface area contributed by atoms with Crippen LogP contribution in [0.2, 0.25) is 19.6 Å². The minimum absolute atomic E-state index is 0.275. The lowest BCUT2D eigenvalue weighted by Gasteiger charge is -2.37. The minimum Gasteiger partial charge on any atom is -0.478 e. The molecule has 1 aromatic carbocycles. The number of ether oxygens (including phenoxy) is 1. The number of piperazine rings is 1. The van der Waals surface area contributed by atoms with Gasteiger partial charge in [-0.05, 0) is 45.4 Å². The van der Waals surface area contributed by atoms with Gasteiger partial charge in [0.25, 0.3) is 0 Å². The van der Waals surface area contributed by atoms with Gasteiger partial charge in [-0.15, -0.1) is 5.54 Å². The van der Waals surface area contributed by atoms with Gasteiger partial charge in [0, 0.05) is 37.4 Å². The smallest absolute Gasteiger partial charge is 0.410 e. The number of carbonyl (C=O) groups is 2. The summed E-state index contributed by atoms with van der Waals surface area (Å²) in [6.07, 6.45) is -0.310. The van der Waals surface area contributed by atoms with E-state index >= 15 is 0 Å². The van der Waals surface area contributed by atoms with Crippen molar-refractivity contribution < 1.29 is 19.4 Å². The highest BCUT2D eigenvalue weighted by Gasteiger charge is 2.27. The normalized spacial score (nSPS) is 14.9. The van der Waals surface area contributed by atoms with Gasteiger partial charge in [-0.2, -0.15) is 0 Å². The molecule has 29 heavy (non-hydrogen) atoms. The van der Waals surface area contributed by atoms with E-state index in [0.717, 1.165) is 16.8 Å². The van der Waals surface area contributed by atoms with Crippen LogP contribution in [0.25, 0.3) is 0 Å². The van der Waals surface area contributed by atoms with Crippen LogP contribution in [-0.2, 0) is 4.74 Å². The van der Waals surface area contributed by atoms with Crippen molar-refractivity contribution in [2.75, 3.05) is 31.1 Å². The number of carboxylic acid groups (broad SMARTS) is 1. The first kappa shape index (κ1) is 22.8. The zero-order valence-electron chi connectivity index (χ0n) is 18.5. The zero-order valence-corrected chi connectivity index (χ0v) is 19.5. The third-order valence-electron chi connectivity index (χ3n) is 4.46. The minimum atomic E-state index is -1.58. The van der Waals surface area contributed by atoms with E-state index in [4.69, 9.17) is 4.74 Å². The molecule has 1 amide bonds. The Morgan fingerprint density at radius 1 is 1.10 bits per heavy atom. The van der Waals surface area contributed by atoms with Crippen molar-refractivity contribution in [1.29, 1.82) is 0 Å². The molecule has 1 saturated heterocycles. The molecular formula is C22H32N2O4Si. The Labute approximate surface area is 174 Å². The molecule has 1 aliphatic heterocycles. The number of amides is 1. The Balaban J connectivity index is 2.26. The van der Waals surface area contributed by atoms with E-state index < -0.39 is 19.6 Å². The topological polar surface area (TPSA) is 70.1 Å². The molecule has 0 aliphatic carbocycles. The van der Waals surface area contributed by atoms with Crippen molar-refractivity contribution in [2.24, 2.45) is 0 Å². The van der Waals surface area contributed by atoms with E-state index in [0.29, 0.717) is 26.2 Å². The lowest BCUT2D eigenvalue weighted by molar-refractivity contribution is 0.0240. The van der Waals surface area contributed by atoms with Gasteiger partial charge in [0.15, 0.2) is 0 Å². The molecule has 1 N–H and O–H groups in total. The highest BCUT2D eigenvalue weighted by Crippen LogP contribution is 2.27. The Hall–Kier alpha value is -2.46. The molecule has 1 fully saturated rings. The Morgan fingerprint density at radius 2 is 1.69 bits per heavy atom. The first-order valence-corrected chi connectivity index (χ1v) is 13.4. The number of hydrogen-bond acceptors (Lipinski definition) is 4. The molecule has 6 nitrogen and oxygen atoms in total. The zero-order chi connectivity index (χ0) is 22.0. The number of benzene rings is 1. The molecule has 1 aromatic rings. The molecule has 158 valence electrons. The first-order valence-electron chi connectivity index (χ1n) is 9.91. The average molecular weight is 417 g/mol.